The quantitative estimate of drug-likeness (QED) is 0.151. The summed E-state index contributed by atoms with van der Waals surface area (Å²) in [6, 6.07) is 40.0. The largest absolute Gasteiger partial charge is 0.115 e. The van der Waals surface area contributed by atoms with Gasteiger partial charge in [0.1, 0.15) is 16.1 Å². The van der Waals surface area contributed by atoms with Crippen molar-refractivity contribution in [1.82, 2.24) is 0 Å². The van der Waals surface area contributed by atoms with Crippen LogP contribution in [0, 0.1) is 0 Å². The highest BCUT2D eigenvalue weighted by Gasteiger charge is 2.42. The van der Waals surface area contributed by atoms with Crippen LogP contribution >= 0.6 is 55.4 Å². The van der Waals surface area contributed by atoms with Crippen LogP contribution < -0.4 is 10.4 Å². The zero-order valence-corrected chi connectivity index (χ0v) is 29.2. The van der Waals surface area contributed by atoms with Crippen molar-refractivity contribution in [3.8, 4) is 0 Å². The molecule has 0 radical (unpaired) electrons. The highest BCUT2D eigenvalue weighted by atomic mass is 79.9. The highest BCUT2D eigenvalue weighted by Crippen LogP contribution is 2.42. The van der Waals surface area contributed by atoms with Gasteiger partial charge in [0.25, 0.3) is 0 Å². The number of rotatable bonds is 10. The van der Waals surface area contributed by atoms with E-state index in [1.165, 1.54) is 25.7 Å². The second kappa shape index (κ2) is 13.4. The first-order chi connectivity index (χ1) is 18.2. The molecular weight excluding hydrogens is 664 g/mol. The molecule has 0 heterocycles. The Labute approximate surface area is 256 Å². The summed E-state index contributed by atoms with van der Waals surface area (Å²) in [4.78, 5) is 1.74. The molecule has 0 aliphatic rings. The SMILES string of the molecule is C[Si](C)(C(=C(SCc1cccc(Br)c1)SCc1cccc(Br)c1)[Si](C)(C)c1ccccc1)c1ccccc1. The Morgan fingerprint density at radius 2 is 0.947 bits per heavy atom. The minimum atomic E-state index is -2.01. The van der Waals surface area contributed by atoms with E-state index in [-0.39, 0.29) is 0 Å². The van der Waals surface area contributed by atoms with Crippen LogP contribution in [0.5, 0.6) is 0 Å². The lowest BCUT2D eigenvalue weighted by molar-refractivity contribution is 1.40. The summed E-state index contributed by atoms with van der Waals surface area (Å²) in [5.41, 5.74) is 2.70. The van der Waals surface area contributed by atoms with E-state index in [4.69, 9.17) is 0 Å². The molecule has 38 heavy (non-hydrogen) atoms. The van der Waals surface area contributed by atoms with Gasteiger partial charge < -0.3 is 0 Å². The molecule has 196 valence electrons. The van der Waals surface area contributed by atoms with Crippen LogP contribution in [-0.4, -0.2) is 16.1 Å². The average molecular weight is 699 g/mol. The number of hydrogen-bond acceptors (Lipinski definition) is 2. The molecule has 4 aromatic rings. The molecule has 0 nitrogen and oxygen atoms in total. The van der Waals surface area contributed by atoms with Crippen molar-refractivity contribution < 1.29 is 0 Å². The third-order valence-corrected chi connectivity index (χ3v) is 21.6. The summed E-state index contributed by atoms with van der Waals surface area (Å²) in [5, 5.41) is 3.02. The van der Waals surface area contributed by atoms with Gasteiger partial charge in [-0.2, -0.15) is 0 Å². The van der Waals surface area contributed by atoms with E-state index in [0.717, 1.165) is 20.5 Å². The minimum absolute atomic E-state index is 0.961. The molecule has 0 spiro atoms. The number of hydrogen-bond donors (Lipinski definition) is 0. The maximum Gasteiger partial charge on any atom is 0.106 e. The molecule has 0 aliphatic carbocycles. The molecule has 0 bridgehead atoms. The first-order valence-electron chi connectivity index (χ1n) is 12.8. The maximum absolute atomic E-state index is 3.67. The van der Waals surface area contributed by atoms with Crippen molar-refractivity contribution in [2.45, 2.75) is 37.7 Å². The van der Waals surface area contributed by atoms with E-state index < -0.39 is 16.1 Å². The molecule has 0 amide bonds. The molecule has 0 aliphatic heterocycles. The molecule has 6 heteroatoms. The zero-order chi connectivity index (χ0) is 27.2. The van der Waals surface area contributed by atoms with Gasteiger partial charge >= 0.3 is 0 Å². The standard InChI is InChI=1S/C32H34Br2S2Si2/c1-37(2,29-17-7-5-8-18-29)32(38(3,4)30-19-9-6-10-20-30)31(35-23-25-13-11-15-27(33)21-25)36-24-26-14-12-16-28(34)22-26/h5-22H,23-24H2,1-4H3. The number of benzene rings is 4. The smallest absolute Gasteiger partial charge is 0.106 e. The third kappa shape index (κ3) is 7.46. The Kier molecular flexibility index (Phi) is 10.5. The van der Waals surface area contributed by atoms with Crippen LogP contribution in [0.25, 0.3) is 0 Å². The first-order valence-corrected chi connectivity index (χ1v) is 22.3. The van der Waals surface area contributed by atoms with Gasteiger partial charge in [0.2, 0.25) is 0 Å². The highest BCUT2D eigenvalue weighted by molar-refractivity contribution is 9.10. The second-order valence-electron chi connectivity index (χ2n) is 10.5. The molecule has 0 unspecified atom stereocenters. The molecule has 0 saturated carbocycles. The predicted octanol–water partition coefficient (Wildman–Crippen LogP) is 9.90. The topological polar surface area (TPSA) is 0 Å². The van der Waals surface area contributed by atoms with Gasteiger partial charge in [-0.25, -0.2) is 0 Å². The van der Waals surface area contributed by atoms with E-state index in [0.29, 0.717) is 0 Å². The van der Waals surface area contributed by atoms with Gasteiger partial charge in [0.05, 0.1) is 0 Å². The fraction of sp³-hybridized carbons (Fsp3) is 0.188. The molecule has 0 saturated heterocycles. The van der Waals surface area contributed by atoms with E-state index in [1.807, 2.05) is 23.5 Å². The third-order valence-electron chi connectivity index (χ3n) is 6.96. The summed E-state index contributed by atoms with van der Waals surface area (Å²) in [5.74, 6) is 1.92. The normalized spacial score (nSPS) is 11.8. The number of thioether (sulfide) groups is 2. The summed E-state index contributed by atoms with van der Waals surface area (Å²) in [6.45, 7) is 10.3. The summed E-state index contributed by atoms with van der Waals surface area (Å²) < 4.78 is 3.80. The summed E-state index contributed by atoms with van der Waals surface area (Å²) in [6.07, 6.45) is 0. The molecule has 0 fully saturated rings. The molecule has 4 rings (SSSR count). The lowest BCUT2D eigenvalue weighted by atomic mass is 10.2. The van der Waals surface area contributed by atoms with Gasteiger partial charge in [-0.3, -0.25) is 0 Å². The Morgan fingerprint density at radius 3 is 1.32 bits per heavy atom. The lowest BCUT2D eigenvalue weighted by Crippen LogP contribution is -2.57. The Bertz CT molecular complexity index is 1280. The average Bonchev–Trinajstić information content (AvgIpc) is 2.91. The second-order valence-corrected chi connectivity index (χ2v) is 23.7. The maximum atomic E-state index is 3.67. The van der Waals surface area contributed by atoms with Crippen LogP contribution in [0.3, 0.4) is 0 Å². The zero-order valence-electron chi connectivity index (χ0n) is 22.4. The summed E-state index contributed by atoms with van der Waals surface area (Å²) >= 11 is 11.4. The fourth-order valence-electron chi connectivity index (χ4n) is 5.03. The first kappa shape index (κ1) is 29.7. The molecule has 4 aromatic carbocycles. The molecule has 0 aromatic heterocycles. The van der Waals surface area contributed by atoms with Gasteiger partial charge in [0.15, 0.2) is 0 Å². The van der Waals surface area contributed by atoms with Crippen molar-refractivity contribution in [3.63, 3.8) is 0 Å². The predicted molar refractivity (Wildman–Crippen MR) is 185 cm³/mol. The van der Waals surface area contributed by atoms with E-state index in [1.54, 1.807) is 4.82 Å². The Hall–Kier alpha value is -1.29. The van der Waals surface area contributed by atoms with Gasteiger partial charge in [-0.15, -0.1) is 23.5 Å². The van der Waals surface area contributed by atoms with E-state index in [2.05, 4.69) is 167 Å². The van der Waals surface area contributed by atoms with Crippen LogP contribution in [-0.2, 0) is 11.5 Å². The summed E-state index contributed by atoms with van der Waals surface area (Å²) in [7, 11) is -4.01. The fourth-order valence-corrected chi connectivity index (χ4v) is 22.5. The van der Waals surface area contributed by atoms with Crippen LogP contribution in [0.1, 0.15) is 11.1 Å². The van der Waals surface area contributed by atoms with Crippen LogP contribution in [0.15, 0.2) is 127 Å². The van der Waals surface area contributed by atoms with Crippen LogP contribution in [0.4, 0.5) is 0 Å². The molecular formula is C32H34Br2S2Si2. The van der Waals surface area contributed by atoms with E-state index >= 15 is 0 Å². The van der Waals surface area contributed by atoms with Crippen LogP contribution in [0.2, 0.25) is 26.2 Å². The monoisotopic (exact) mass is 696 g/mol. The van der Waals surface area contributed by atoms with Gasteiger partial charge in [-0.1, -0.05) is 158 Å². The van der Waals surface area contributed by atoms with Crippen molar-refractivity contribution >= 4 is 81.9 Å². The van der Waals surface area contributed by atoms with E-state index in [9.17, 15) is 0 Å². The molecule has 0 N–H and O–H groups in total. The van der Waals surface area contributed by atoms with Crippen molar-refractivity contribution in [2.24, 2.45) is 0 Å². The number of halogens is 2. The minimum Gasteiger partial charge on any atom is -0.115 e. The van der Waals surface area contributed by atoms with Gasteiger partial charge in [0, 0.05) is 24.7 Å². The molecule has 0 atom stereocenters. The van der Waals surface area contributed by atoms with Crippen molar-refractivity contribution in [1.29, 1.82) is 0 Å². The van der Waals surface area contributed by atoms with Gasteiger partial charge in [-0.05, 0) is 35.4 Å². The lowest BCUT2D eigenvalue weighted by Gasteiger charge is -2.39. The Balaban J connectivity index is 1.87. The Morgan fingerprint density at radius 1 is 0.553 bits per heavy atom. The van der Waals surface area contributed by atoms with Crippen molar-refractivity contribution in [2.75, 3.05) is 0 Å². The van der Waals surface area contributed by atoms with Crippen molar-refractivity contribution in [3.05, 3.63) is 138 Å².